The van der Waals surface area contributed by atoms with E-state index in [0.717, 1.165) is 5.56 Å². The first-order valence-corrected chi connectivity index (χ1v) is 5.99. The number of carboxylic acids is 1. The van der Waals surface area contributed by atoms with Gasteiger partial charge in [-0.25, -0.2) is 0 Å². The van der Waals surface area contributed by atoms with Gasteiger partial charge in [-0.15, -0.1) is 0 Å². The highest BCUT2D eigenvalue weighted by Gasteiger charge is 2.20. The molecule has 5 heteroatoms. The number of hydrogen-bond donors (Lipinski definition) is 1. The number of benzene rings is 1. The van der Waals surface area contributed by atoms with Gasteiger partial charge in [0.1, 0.15) is 6.54 Å². The fourth-order valence-electron chi connectivity index (χ4n) is 1.74. The molecule has 0 aliphatic carbocycles. The van der Waals surface area contributed by atoms with Gasteiger partial charge < -0.3 is 10.0 Å². The first kappa shape index (κ1) is 14.5. The lowest BCUT2D eigenvalue weighted by molar-refractivity contribution is -0.144. The van der Waals surface area contributed by atoms with E-state index in [1.165, 1.54) is 11.9 Å². The van der Waals surface area contributed by atoms with Crippen LogP contribution in [-0.2, 0) is 16.0 Å². The van der Waals surface area contributed by atoms with E-state index < -0.39 is 5.97 Å². The van der Waals surface area contributed by atoms with Crippen LogP contribution in [0.4, 0.5) is 0 Å². The Kier molecular flexibility index (Phi) is 5.16. The molecule has 0 spiro atoms. The van der Waals surface area contributed by atoms with Gasteiger partial charge in [0, 0.05) is 18.0 Å². The summed E-state index contributed by atoms with van der Waals surface area (Å²) in [5, 5.41) is 9.26. The monoisotopic (exact) mass is 269 g/mol. The molecule has 4 nitrogen and oxygen atoms in total. The van der Waals surface area contributed by atoms with Crippen molar-refractivity contribution in [2.75, 3.05) is 13.6 Å². The van der Waals surface area contributed by atoms with Gasteiger partial charge in [-0.05, 0) is 18.1 Å². The average molecular weight is 270 g/mol. The lowest BCUT2D eigenvalue weighted by Crippen LogP contribution is -2.36. The summed E-state index contributed by atoms with van der Waals surface area (Å²) in [5.41, 5.74) is 0.892. The predicted molar refractivity (Wildman–Crippen MR) is 69.6 cm³/mol. The van der Waals surface area contributed by atoms with Crippen molar-refractivity contribution in [3.8, 4) is 0 Å². The highest BCUT2D eigenvalue weighted by atomic mass is 35.5. The summed E-state index contributed by atoms with van der Waals surface area (Å²) in [7, 11) is 1.49. The molecule has 1 unspecified atom stereocenters. The second kappa shape index (κ2) is 6.40. The summed E-state index contributed by atoms with van der Waals surface area (Å²) in [5.74, 6) is -1.51. The van der Waals surface area contributed by atoms with Crippen molar-refractivity contribution < 1.29 is 14.7 Å². The van der Waals surface area contributed by atoms with E-state index >= 15 is 0 Å². The average Bonchev–Trinajstić information content (AvgIpc) is 2.30. The van der Waals surface area contributed by atoms with Gasteiger partial charge in [0.05, 0.1) is 0 Å². The number of halogens is 1. The molecule has 1 rings (SSSR count). The maximum atomic E-state index is 11.9. The normalized spacial score (nSPS) is 11.9. The van der Waals surface area contributed by atoms with Crippen molar-refractivity contribution in [2.45, 2.75) is 13.3 Å². The summed E-state index contributed by atoms with van der Waals surface area (Å²) >= 11 is 6.02. The van der Waals surface area contributed by atoms with E-state index in [2.05, 4.69) is 0 Å². The molecule has 0 fully saturated rings. The Labute approximate surface area is 111 Å². The summed E-state index contributed by atoms with van der Waals surface area (Å²) in [6.07, 6.45) is 0.502. The van der Waals surface area contributed by atoms with Crippen LogP contribution in [0.15, 0.2) is 24.3 Å². The Balaban J connectivity index is 2.65. The second-order valence-electron chi connectivity index (χ2n) is 4.28. The summed E-state index contributed by atoms with van der Waals surface area (Å²) in [4.78, 5) is 23.7. The number of rotatable bonds is 5. The molecule has 1 aromatic carbocycles. The van der Waals surface area contributed by atoms with E-state index in [1.807, 2.05) is 18.2 Å². The van der Waals surface area contributed by atoms with Crippen LogP contribution in [0.2, 0.25) is 5.02 Å². The van der Waals surface area contributed by atoms with Crippen LogP contribution in [0.5, 0.6) is 0 Å². The van der Waals surface area contributed by atoms with Gasteiger partial charge in [0.25, 0.3) is 0 Å². The zero-order valence-electron chi connectivity index (χ0n) is 10.4. The van der Waals surface area contributed by atoms with E-state index in [-0.39, 0.29) is 18.4 Å². The van der Waals surface area contributed by atoms with Crippen molar-refractivity contribution in [3.05, 3.63) is 34.9 Å². The van der Waals surface area contributed by atoms with Gasteiger partial charge in [-0.3, -0.25) is 9.59 Å². The van der Waals surface area contributed by atoms with Gasteiger partial charge in [0.2, 0.25) is 5.91 Å². The highest BCUT2D eigenvalue weighted by Crippen LogP contribution is 2.19. The standard InChI is InChI=1S/C13H16ClNO3/c1-9(13(18)15(2)8-12(16)17)7-10-5-3-4-6-11(10)14/h3-6,9H,7-8H2,1-2H3,(H,16,17). The highest BCUT2D eigenvalue weighted by molar-refractivity contribution is 6.31. The van der Waals surface area contributed by atoms with Crippen molar-refractivity contribution in [3.63, 3.8) is 0 Å². The minimum absolute atomic E-state index is 0.197. The quantitative estimate of drug-likeness (QED) is 0.890. The number of carbonyl (C=O) groups is 2. The third-order valence-electron chi connectivity index (χ3n) is 2.65. The lowest BCUT2D eigenvalue weighted by atomic mass is 10.00. The Bertz CT molecular complexity index is 448. The molecule has 0 aromatic heterocycles. The fraction of sp³-hybridized carbons (Fsp3) is 0.385. The molecule has 1 aromatic rings. The van der Waals surface area contributed by atoms with E-state index in [1.54, 1.807) is 13.0 Å². The van der Waals surface area contributed by atoms with Gasteiger partial charge in [0.15, 0.2) is 0 Å². The molecule has 1 amide bonds. The zero-order valence-corrected chi connectivity index (χ0v) is 11.1. The number of carbonyl (C=O) groups excluding carboxylic acids is 1. The molecule has 1 N–H and O–H groups in total. The van der Waals surface area contributed by atoms with Crippen LogP contribution >= 0.6 is 11.6 Å². The summed E-state index contributed by atoms with van der Waals surface area (Å²) < 4.78 is 0. The second-order valence-corrected chi connectivity index (χ2v) is 4.69. The van der Waals surface area contributed by atoms with Crippen LogP contribution in [0.25, 0.3) is 0 Å². The molecule has 0 bridgehead atoms. The fourth-order valence-corrected chi connectivity index (χ4v) is 1.95. The van der Waals surface area contributed by atoms with Crippen LogP contribution in [-0.4, -0.2) is 35.5 Å². The van der Waals surface area contributed by atoms with E-state index in [9.17, 15) is 9.59 Å². The van der Waals surface area contributed by atoms with Crippen molar-refractivity contribution in [1.29, 1.82) is 0 Å². The number of carboxylic acid groups (broad SMARTS) is 1. The number of hydrogen-bond acceptors (Lipinski definition) is 2. The molecule has 0 aliphatic heterocycles. The Morgan fingerprint density at radius 2 is 2.00 bits per heavy atom. The first-order valence-electron chi connectivity index (χ1n) is 5.62. The molecule has 98 valence electrons. The van der Waals surface area contributed by atoms with E-state index in [0.29, 0.717) is 11.4 Å². The number of amides is 1. The Hall–Kier alpha value is -1.55. The molecule has 18 heavy (non-hydrogen) atoms. The molecule has 0 radical (unpaired) electrons. The van der Waals surface area contributed by atoms with Crippen LogP contribution in [0, 0.1) is 5.92 Å². The zero-order chi connectivity index (χ0) is 13.7. The van der Waals surface area contributed by atoms with Crippen LogP contribution < -0.4 is 0 Å². The minimum Gasteiger partial charge on any atom is -0.480 e. The number of nitrogens with zero attached hydrogens (tertiary/aromatic N) is 1. The Morgan fingerprint density at radius 3 is 2.56 bits per heavy atom. The SMILES string of the molecule is CC(Cc1ccccc1Cl)C(=O)N(C)CC(=O)O. The predicted octanol–water partition coefficient (Wildman–Crippen LogP) is 2.06. The van der Waals surface area contributed by atoms with Crippen LogP contribution in [0.1, 0.15) is 12.5 Å². The minimum atomic E-state index is -1.02. The van der Waals surface area contributed by atoms with Crippen LogP contribution in [0.3, 0.4) is 0 Å². The number of aliphatic carboxylic acids is 1. The topological polar surface area (TPSA) is 57.6 Å². The molecular weight excluding hydrogens is 254 g/mol. The maximum Gasteiger partial charge on any atom is 0.323 e. The number of likely N-dealkylation sites (N-methyl/N-ethyl adjacent to an activating group) is 1. The third kappa shape index (κ3) is 4.04. The molecule has 0 saturated heterocycles. The third-order valence-corrected chi connectivity index (χ3v) is 3.02. The van der Waals surface area contributed by atoms with Crippen molar-refractivity contribution >= 4 is 23.5 Å². The first-order chi connectivity index (χ1) is 8.41. The van der Waals surface area contributed by atoms with Gasteiger partial charge in [-0.2, -0.15) is 0 Å². The van der Waals surface area contributed by atoms with Crippen molar-refractivity contribution in [2.24, 2.45) is 5.92 Å². The largest absolute Gasteiger partial charge is 0.480 e. The van der Waals surface area contributed by atoms with Crippen molar-refractivity contribution in [1.82, 2.24) is 4.90 Å². The summed E-state index contributed by atoms with van der Waals surface area (Å²) in [6, 6.07) is 7.33. The van der Waals surface area contributed by atoms with Gasteiger partial charge in [-0.1, -0.05) is 36.7 Å². The Morgan fingerprint density at radius 1 is 1.39 bits per heavy atom. The molecular formula is C13H16ClNO3. The molecule has 0 saturated carbocycles. The molecule has 0 aliphatic rings. The van der Waals surface area contributed by atoms with Gasteiger partial charge >= 0.3 is 5.97 Å². The summed E-state index contributed by atoms with van der Waals surface area (Å²) in [6.45, 7) is 1.48. The molecule has 1 atom stereocenters. The maximum absolute atomic E-state index is 11.9. The van der Waals surface area contributed by atoms with E-state index in [4.69, 9.17) is 16.7 Å². The lowest BCUT2D eigenvalue weighted by Gasteiger charge is -2.19. The smallest absolute Gasteiger partial charge is 0.323 e. The molecule has 0 heterocycles.